The molecule has 3 rings (SSSR count). The Morgan fingerprint density at radius 2 is 1.88 bits per heavy atom. The van der Waals surface area contributed by atoms with Gasteiger partial charge in [-0.2, -0.15) is 5.10 Å². The second kappa shape index (κ2) is 6.76. The molecule has 0 aliphatic heterocycles. The maximum absolute atomic E-state index is 12.9. The van der Waals surface area contributed by atoms with Crippen molar-refractivity contribution in [3.05, 3.63) is 64.7 Å². The smallest absolute Gasteiger partial charge is 0.244 e. The molecule has 0 bridgehead atoms. The number of anilines is 1. The number of amides is 1. The quantitative estimate of drug-likeness (QED) is 0.711. The predicted octanol–water partition coefficient (Wildman–Crippen LogP) is 3.69. The molecule has 1 amide bonds. The lowest BCUT2D eigenvalue weighted by Crippen LogP contribution is -2.19. The highest BCUT2D eigenvalue weighted by Crippen LogP contribution is 2.18. The number of benzene rings is 2. The molecule has 0 spiro atoms. The van der Waals surface area contributed by atoms with Crippen LogP contribution < -0.4 is 5.32 Å². The van der Waals surface area contributed by atoms with Crippen LogP contribution in [-0.4, -0.2) is 20.7 Å². The molecule has 0 aliphatic rings. The molecule has 7 heteroatoms. The van der Waals surface area contributed by atoms with Crippen molar-refractivity contribution in [1.29, 1.82) is 0 Å². The third kappa shape index (κ3) is 3.57. The first kappa shape index (κ1) is 16.1. The second-order valence-electron chi connectivity index (χ2n) is 5.36. The van der Waals surface area contributed by atoms with Gasteiger partial charge in [-0.05, 0) is 43.4 Å². The third-order valence-electron chi connectivity index (χ3n) is 3.50. The van der Waals surface area contributed by atoms with Gasteiger partial charge in [0.15, 0.2) is 10.6 Å². The molecule has 0 fully saturated rings. The predicted molar refractivity (Wildman–Crippen MR) is 92.6 cm³/mol. The maximum atomic E-state index is 12.9. The summed E-state index contributed by atoms with van der Waals surface area (Å²) >= 11 is 5.21. The zero-order chi connectivity index (χ0) is 17.1. The number of halogens is 1. The lowest BCUT2D eigenvalue weighted by atomic mass is 10.1. The van der Waals surface area contributed by atoms with E-state index in [0.717, 1.165) is 11.1 Å². The van der Waals surface area contributed by atoms with Crippen molar-refractivity contribution >= 4 is 23.8 Å². The fraction of sp³-hybridized carbons (Fsp3) is 0.118. The van der Waals surface area contributed by atoms with Gasteiger partial charge in [-0.25, -0.2) is 4.39 Å². The number of aromatic nitrogens is 3. The monoisotopic (exact) mass is 342 g/mol. The molecule has 1 heterocycles. The molecule has 0 unspecified atom stereocenters. The summed E-state index contributed by atoms with van der Waals surface area (Å²) in [7, 11) is 0. The molecular formula is C17H15FN4OS. The molecule has 0 aliphatic carbocycles. The molecule has 2 aromatic carbocycles. The Bertz CT molecular complexity index is 913. The lowest BCUT2D eigenvalue weighted by Gasteiger charge is -2.08. The summed E-state index contributed by atoms with van der Waals surface area (Å²) in [6.45, 7) is 2.01. The normalized spacial score (nSPS) is 10.6. The van der Waals surface area contributed by atoms with Gasteiger partial charge >= 0.3 is 0 Å². The van der Waals surface area contributed by atoms with Crippen molar-refractivity contribution in [2.24, 2.45) is 0 Å². The highest BCUT2D eigenvalue weighted by Gasteiger charge is 2.12. The number of rotatable bonds is 4. The van der Waals surface area contributed by atoms with Crippen LogP contribution in [0.15, 0.2) is 48.5 Å². The molecule has 24 heavy (non-hydrogen) atoms. The van der Waals surface area contributed by atoms with Crippen LogP contribution in [0, 0.1) is 17.5 Å². The third-order valence-corrected chi connectivity index (χ3v) is 3.81. The zero-order valence-corrected chi connectivity index (χ0v) is 13.7. The van der Waals surface area contributed by atoms with Crippen LogP contribution in [0.5, 0.6) is 0 Å². The Labute approximate surface area is 143 Å². The Morgan fingerprint density at radius 3 is 2.54 bits per heavy atom. The van der Waals surface area contributed by atoms with Gasteiger partial charge in [-0.3, -0.25) is 14.5 Å². The highest BCUT2D eigenvalue weighted by molar-refractivity contribution is 7.71. The number of nitrogens with zero attached hydrogens (tertiary/aromatic N) is 2. The van der Waals surface area contributed by atoms with Crippen LogP contribution >= 0.6 is 12.2 Å². The van der Waals surface area contributed by atoms with Crippen molar-refractivity contribution < 1.29 is 9.18 Å². The fourth-order valence-electron chi connectivity index (χ4n) is 2.26. The van der Waals surface area contributed by atoms with Gasteiger partial charge in [-0.1, -0.05) is 29.8 Å². The number of carbonyl (C=O) groups is 1. The average Bonchev–Trinajstić information content (AvgIpc) is 2.91. The van der Waals surface area contributed by atoms with E-state index in [-0.39, 0.29) is 18.3 Å². The van der Waals surface area contributed by atoms with Crippen molar-refractivity contribution in [3.8, 4) is 11.4 Å². The van der Waals surface area contributed by atoms with Crippen LogP contribution in [0.1, 0.15) is 5.56 Å². The first-order valence-electron chi connectivity index (χ1n) is 7.30. The summed E-state index contributed by atoms with van der Waals surface area (Å²) < 4.78 is 14.9. The average molecular weight is 342 g/mol. The van der Waals surface area contributed by atoms with E-state index in [1.54, 1.807) is 4.57 Å². The second-order valence-corrected chi connectivity index (χ2v) is 5.75. The van der Waals surface area contributed by atoms with E-state index in [4.69, 9.17) is 12.2 Å². The summed E-state index contributed by atoms with van der Waals surface area (Å²) in [6, 6.07) is 13.4. The molecule has 3 aromatic rings. The van der Waals surface area contributed by atoms with Gasteiger partial charge in [0, 0.05) is 11.3 Å². The van der Waals surface area contributed by atoms with Crippen molar-refractivity contribution in [2.45, 2.75) is 13.5 Å². The molecule has 1 aromatic heterocycles. The number of carbonyl (C=O) groups excluding carboxylic acids is 1. The van der Waals surface area contributed by atoms with E-state index >= 15 is 0 Å². The topological polar surface area (TPSA) is 62.7 Å². The van der Waals surface area contributed by atoms with E-state index in [2.05, 4.69) is 15.5 Å². The van der Waals surface area contributed by atoms with Crippen LogP contribution in [0.4, 0.5) is 10.1 Å². The summed E-state index contributed by atoms with van der Waals surface area (Å²) in [5, 5.41) is 9.62. The van der Waals surface area contributed by atoms with Gasteiger partial charge < -0.3 is 5.32 Å². The number of hydrogen-bond donors (Lipinski definition) is 2. The first-order chi connectivity index (χ1) is 11.5. The SMILES string of the molecule is Cc1ccc(-c2n[nH]c(=S)n2CC(=O)Nc2ccc(F)cc2)cc1. The molecule has 0 atom stereocenters. The van der Waals surface area contributed by atoms with Crippen molar-refractivity contribution in [1.82, 2.24) is 14.8 Å². The fourth-order valence-corrected chi connectivity index (χ4v) is 2.46. The molecule has 0 saturated carbocycles. The maximum Gasteiger partial charge on any atom is 0.244 e. The van der Waals surface area contributed by atoms with E-state index in [0.29, 0.717) is 16.3 Å². The van der Waals surface area contributed by atoms with Crippen LogP contribution in [-0.2, 0) is 11.3 Å². The number of nitrogens with one attached hydrogen (secondary N) is 2. The van der Waals surface area contributed by atoms with E-state index in [1.807, 2.05) is 31.2 Å². The largest absolute Gasteiger partial charge is 0.325 e. The van der Waals surface area contributed by atoms with E-state index in [1.165, 1.54) is 24.3 Å². The minimum atomic E-state index is -0.355. The van der Waals surface area contributed by atoms with Gasteiger partial charge in [0.2, 0.25) is 5.91 Å². The Kier molecular flexibility index (Phi) is 4.52. The summed E-state index contributed by atoms with van der Waals surface area (Å²) in [6.07, 6.45) is 0. The highest BCUT2D eigenvalue weighted by atomic mass is 32.1. The van der Waals surface area contributed by atoms with Gasteiger partial charge in [0.25, 0.3) is 0 Å². The molecule has 2 N–H and O–H groups in total. The lowest BCUT2D eigenvalue weighted by molar-refractivity contribution is -0.116. The van der Waals surface area contributed by atoms with Crippen LogP contribution in [0.3, 0.4) is 0 Å². The number of hydrogen-bond acceptors (Lipinski definition) is 3. The minimum Gasteiger partial charge on any atom is -0.325 e. The molecule has 122 valence electrons. The van der Waals surface area contributed by atoms with Gasteiger partial charge in [0.1, 0.15) is 12.4 Å². The first-order valence-corrected chi connectivity index (χ1v) is 7.71. The van der Waals surface area contributed by atoms with Gasteiger partial charge in [-0.15, -0.1) is 0 Å². The number of aryl methyl sites for hydroxylation is 1. The zero-order valence-electron chi connectivity index (χ0n) is 12.9. The summed E-state index contributed by atoms with van der Waals surface area (Å²) in [4.78, 5) is 12.2. The van der Waals surface area contributed by atoms with Crippen molar-refractivity contribution in [3.63, 3.8) is 0 Å². The van der Waals surface area contributed by atoms with E-state index in [9.17, 15) is 9.18 Å². The van der Waals surface area contributed by atoms with Crippen molar-refractivity contribution in [2.75, 3.05) is 5.32 Å². The Balaban J connectivity index is 1.81. The number of H-pyrrole nitrogens is 1. The molecule has 0 saturated heterocycles. The molecule has 0 radical (unpaired) electrons. The minimum absolute atomic E-state index is 0.00984. The molecular weight excluding hydrogens is 327 g/mol. The van der Waals surface area contributed by atoms with Gasteiger partial charge in [0.05, 0.1) is 0 Å². The standard InChI is InChI=1S/C17H15FN4OS/c1-11-2-4-12(5-3-11)16-20-21-17(24)22(16)10-15(23)19-14-8-6-13(18)7-9-14/h2-9H,10H2,1H3,(H,19,23)(H,21,24). The van der Waals surface area contributed by atoms with Crippen LogP contribution in [0.2, 0.25) is 0 Å². The van der Waals surface area contributed by atoms with E-state index < -0.39 is 0 Å². The summed E-state index contributed by atoms with van der Waals surface area (Å²) in [5.41, 5.74) is 2.52. The Morgan fingerprint density at radius 1 is 1.21 bits per heavy atom. The van der Waals surface area contributed by atoms with Crippen LogP contribution in [0.25, 0.3) is 11.4 Å². The molecule has 5 nitrogen and oxygen atoms in total. The number of aromatic amines is 1. The summed E-state index contributed by atoms with van der Waals surface area (Å²) in [5.74, 6) is -0.0339. The Hall–Kier alpha value is -2.80.